The molecule has 0 aliphatic rings. The normalized spacial score (nSPS) is 11.6. The molecule has 0 unspecified atom stereocenters. The van der Waals surface area contributed by atoms with Crippen LogP contribution in [0.15, 0.2) is 30.3 Å². The maximum absolute atomic E-state index is 4.55. The van der Waals surface area contributed by atoms with E-state index < -0.39 is 0 Å². The van der Waals surface area contributed by atoms with E-state index in [0.717, 1.165) is 24.8 Å². The molecule has 1 aromatic carbocycles. The molecule has 2 heterocycles. The summed E-state index contributed by atoms with van der Waals surface area (Å²) in [5, 5.41) is 3.49. The fourth-order valence-electron chi connectivity index (χ4n) is 1.88. The average molecular weight is 226 g/mol. The largest absolute Gasteiger partial charge is 0.247 e. The van der Waals surface area contributed by atoms with Gasteiger partial charge in [0.15, 0.2) is 0 Å². The Morgan fingerprint density at radius 2 is 1.81 bits per heavy atom. The number of pyridine rings is 1. The number of hydrogen-bond donors (Lipinski definition) is 0. The summed E-state index contributed by atoms with van der Waals surface area (Å²) in [5.74, 6) is 0. The third kappa shape index (κ3) is 1.46. The van der Waals surface area contributed by atoms with Crippen molar-refractivity contribution in [3.8, 4) is 0 Å². The van der Waals surface area contributed by atoms with Gasteiger partial charge in [0.2, 0.25) is 0 Å². The van der Waals surface area contributed by atoms with Crippen LogP contribution in [-0.4, -0.2) is 9.73 Å². The fourth-order valence-corrected chi connectivity index (χ4v) is 2.76. The van der Waals surface area contributed by atoms with Gasteiger partial charge in [-0.1, -0.05) is 12.1 Å². The lowest BCUT2D eigenvalue weighted by molar-refractivity contribution is 1.27. The van der Waals surface area contributed by atoms with Crippen LogP contribution in [0.1, 0.15) is 11.3 Å². The maximum Gasteiger partial charge on any atom is 0.117 e. The Kier molecular flexibility index (Phi) is 2.12. The summed E-state index contributed by atoms with van der Waals surface area (Å²) in [4.78, 5) is 4.53. The molecular weight excluding hydrogens is 215 g/mol. The molecule has 0 aliphatic heterocycles. The van der Waals surface area contributed by atoms with Crippen molar-refractivity contribution >= 4 is 29.9 Å². The highest BCUT2D eigenvalue weighted by atomic mass is 31.0. The van der Waals surface area contributed by atoms with E-state index in [4.69, 9.17) is 0 Å². The summed E-state index contributed by atoms with van der Waals surface area (Å²) in [6, 6.07) is 10.6. The van der Waals surface area contributed by atoms with Gasteiger partial charge in [-0.25, -0.2) is 9.73 Å². The second-order valence-electron chi connectivity index (χ2n) is 4.04. The lowest BCUT2D eigenvalue weighted by atomic mass is 10.1. The highest BCUT2D eigenvalue weighted by molar-refractivity contribution is 7.32. The predicted molar refractivity (Wildman–Crippen MR) is 69.0 cm³/mol. The molecule has 0 radical (unpaired) electrons. The van der Waals surface area contributed by atoms with Crippen LogP contribution in [0.2, 0.25) is 0 Å². The highest BCUT2D eigenvalue weighted by Crippen LogP contribution is 2.28. The van der Waals surface area contributed by atoms with E-state index in [1.165, 1.54) is 16.3 Å². The first-order valence-electron chi connectivity index (χ1n) is 5.24. The molecule has 0 bridgehead atoms. The molecule has 0 saturated carbocycles. The molecule has 3 heteroatoms. The van der Waals surface area contributed by atoms with Gasteiger partial charge in [0.05, 0.1) is 13.9 Å². The number of benzene rings is 1. The molecule has 2 aromatic heterocycles. The van der Waals surface area contributed by atoms with Crippen molar-refractivity contribution in [3.05, 3.63) is 41.6 Å². The van der Waals surface area contributed by atoms with Gasteiger partial charge in [-0.3, -0.25) is 0 Å². The number of fused-ring (bicyclic) bond motifs is 3. The van der Waals surface area contributed by atoms with Crippen LogP contribution in [0.25, 0.3) is 21.5 Å². The molecule has 0 saturated heterocycles. The van der Waals surface area contributed by atoms with Crippen molar-refractivity contribution < 1.29 is 0 Å². The smallest absolute Gasteiger partial charge is 0.117 e. The third-order valence-electron chi connectivity index (χ3n) is 2.71. The SMILES string of the molecule is Cc1ccc2c(c1)npc1nc(C)ccc12. The molecule has 78 valence electrons. The maximum atomic E-state index is 4.55. The zero-order chi connectivity index (χ0) is 11.1. The second kappa shape index (κ2) is 3.50. The predicted octanol–water partition coefficient (Wildman–Crippen LogP) is 3.98. The Hall–Kier alpha value is -1.53. The van der Waals surface area contributed by atoms with E-state index in [0.29, 0.717) is 0 Å². The van der Waals surface area contributed by atoms with Crippen LogP contribution in [0.5, 0.6) is 0 Å². The van der Waals surface area contributed by atoms with Crippen molar-refractivity contribution in [2.24, 2.45) is 0 Å². The van der Waals surface area contributed by atoms with Gasteiger partial charge in [-0.2, -0.15) is 0 Å². The van der Waals surface area contributed by atoms with Gasteiger partial charge in [0, 0.05) is 16.5 Å². The highest BCUT2D eigenvalue weighted by Gasteiger charge is 2.03. The summed E-state index contributed by atoms with van der Waals surface area (Å²) in [7, 11) is 0.957. The first-order chi connectivity index (χ1) is 7.74. The molecular formula is C13H11N2P. The monoisotopic (exact) mass is 226 g/mol. The van der Waals surface area contributed by atoms with Crippen LogP contribution >= 0.6 is 8.35 Å². The van der Waals surface area contributed by atoms with E-state index >= 15 is 0 Å². The van der Waals surface area contributed by atoms with Crippen LogP contribution in [0.3, 0.4) is 0 Å². The van der Waals surface area contributed by atoms with Gasteiger partial charge in [0.25, 0.3) is 0 Å². The van der Waals surface area contributed by atoms with Gasteiger partial charge in [0.1, 0.15) is 5.25 Å². The number of nitrogens with zero attached hydrogens (tertiary/aromatic N) is 2. The lowest BCUT2D eigenvalue weighted by Crippen LogP contribution is -1.84. The van der Waals surface area contributed by atoms with Crippen molar-refractivity contribution in [2.75, 3.05) is 0 Å². The molecule has 0 spiro atoms. The third-order valence-corrected chi connectivity index (χ3v) is 3.56. The Labute approximate surface area is 95.5 Å². The van der Waals surface area contributed by atoms with Crippen molar-refractivity contribution in [3.63, 3.8) is 0 Å². The number of aromatic nitrogens is 2. The minimum Gasteiger partial charge on any atom is -0.247 e. The van der Waals surface area contributed by atoms with E-state index in [9.17, 15) is 0 Å². The van der Waals surface area contributed by atoms with E-state index in [1.807, 2.05) is 6.92 Å². The van der Waals surface area contributed by atoms with Crippen LogP contribution in [0, 0.1) is 13.8 Å². The van der Waals surface area contributed by atoms with E-state index in [2.05, 4.69) is 47.0 Å². The van der Waals surface area contributed by atoms with Gasteiger partial charge < -0.3 is 0 Å². The Morgan fingerprint density at radius 1 is 1.00 bits per heavy atom. The Bertz CT molecular complexity index is 631. The number of hydrogen-bond acceptors (Lipinski definition) is 2. The number of aryl methyl sites for hydroxylation is 2. The topological polar surface area (TPSA) is 25.8 Å². The van der Waals surface area contributed by atoms with E-state index in [-0.39, 0.29) is 0 Å². The first kappa shape index (κ1) is 9.68. The quantitative estimate of drug-likeness (QED) is 0.542. The van der Waals surface area contributed by atoms with Crippen LogP contribution < -0.4 is 0 Å². The summed E-state index contributed by atoms with van der Waals surface area (Å²) >= 11 is 0. The van der Waals surface area contributed by atoms with Gasteiger partial charge in [-0.05, 0) is 37.6 Å². The molecule has 0 aliphatic carbocycles. The van der Waals surface area contributed by atoms with Crippen LogP contribution in [0.4, 0.5) is 0 Å². The average Bonchev–Trinajstić information content (AvgIpc) is 2.28. The standard InChI is InChI=1S/C13H11N2P/c1-8-3-5-10-11-6-4-9(2)14-13(11)16-15-12(10)7-8/h3-7H,1-2H3. The zero-order valence-corrected chi connectivity index (χ0v) is 10.1. The summed E-state index contributed by atoms with van der Waals surface area (Å²) in [6.07, 6.45) is 0. The molecule has 3 rings (SSSR count). The van der Waals surface area contributed by atoms with Crippen molar-refractivity contribution in [1.82, 2.24) is 9.73 Å². The van der Waals surface area contributed by atoms with E-state index in [1.54, 1.807) is 0 Å². The minimum atomic E-state index is 0.957. The molecule has 0 N–H and O–H groups in total. The van der Waals surface area contributed by atoms with Crippen molar-refractivity contribution in [1.29, 1.82) is 0 Å². The lowest BCUT2D eigenvalue weighted by Gasteiger charge is -2.03. The van der Waals surface area contributed by atoms with Crippen molar-refractivity contribution in [2.45, 2.75) is 13.8 Å². The van der Waals surface area contributed by atoms with Crippen LogP contribution in [-0.2, 0) is 0 Å². The summed E-state index contributed by atoms with van der Waals surface area (Å²) in [6.45, 7) is 4.11. The van der Waals surface area contributed by atoms with Gasteiger partial charge >= 0.3 is 0 Å². The summed E-state index contributed by atoms with van der Waals surface area (Å²) in [5.41, 5.74) is 3.39. The first-order valence-corrected chi connectivity index (χ1v) is 6.09. The summed E-state index contributed by atoms with van der Waals surface area (Å²) < 4.78 is 4.55. The Morgan fingerprint density at radius 3 is 2.69 bits per heavy atom. The molecule has 16 heavy (non-hydrogen) atoms. The Balaban J connectivity index is 2.50. The molecule has 0 atom stereocenters. The fraction of sp³-hybridized carbons (Fsp3) is 0.154. The minimum absolute atomic E-state index is 0.957. The molecule has 3 aromatic rings. The van der Waals surface area contributed by atoms with Gasteiger partial charge in [-0.15, -0.1) is 0 Å². The number of rotatable bonds is 0. The second-order valence-corrected chi connectivity index (χ2v) is 4.87. The molecule has 2 nitrogen and oxygen atoms in total. The molecule has 0 amide bonds. The zero-order valence-electron chi connectivity index (χ0n) is 9.23. The molecule has 0 fully saturated rings.